The number of aryl methyl sites for hydroxylation is 2. The van der Waals surface area contributed by atoms with E-state index in [0.717, 1.165) is 19.4 Å². The summed E-state index contributed by atoms with van der Waals surface area (Å²) in [5.41, 5.74) is 2.67. The second-order valence-electron chi connectivity index (χ2n) is 5.90. The predicted molar refractivity (Wildman–Crippen MR) is 88.4 cm³/mol. The molecule has 0 aliphatic heterocycles. The topological polar surface area (TPSA) is 76.9 Å². The fourth-order valence-electron chi connectivity index (χ4n) is 3.17. The summed E-state index contributed by atoms with van der Waals surface area (Å²) in [4.78, 5) is 0. The van der Waals surface area contributed by atoms with E-state index in [0.29, 0.717) is 18.2 Å². The highest BCUT2D eigenvalue weighted by molar-refractivity contribution is 7.89. The predicted octanol–water partition coefficient (Wildman–Crippen LogP) is 1.84. The third-order valence-electron chi connectivity index (χ3n) is 4.48. The van der Waals surface area contributed by atoms with Crippen molar-refractivity contribution in [2.75, 3.05) is 5.75 Å². The summed E-state index contributed by atoms with van der Waals surface area (Å²) < 4.78 is 28.9. The Morgan fingerprint density at radius 3 is 3.00 bits per heavy atom. The van der Waals surface area contributed by atoms with Crippen LogP contribution in [0.1, 0.15) is 42.6 Å². The molecular formula is C16H22N4O2S. The third-order valence-corrected chi connectivity index (χ3v) is 5.84. The molecule has 1 aromatic carbocycles. The first kappa shape index (κ1) is 16.1. The lowest BCUT2D eigenvalue weighted by atomic mass is 9.99. The van der Waals surface area contributed by atoms with Crippen LogP contribution in [0.4, 0.5) is 0 Å². The van der Waals surface area contributed by atoms with Gasteiger partial charge in [-0.3, -0.25) is 0 Å². The van der Waals surface area contributed by atoms with E-state index in [1.54, 1.807) is 6.33 Å². The Kier molecular flexibility index (Phi) is 4.77. The summed E-state index contributed by atoms with van der Waals surface area (Å²) in [6.45, 7) is 2.89. The van der Waals surface area contributed by atoms with Crippen molar-refractivity contribution < 1.29 is 8.42 Å². The zero-order valence-electron chi connectivity index (χ0n) is 13.3. The van der Waals surface area contributed by atoms with Crippen LogP contribution in [0.3, 0.4) is 0 Å². The molecule has 3 rings (SSSR count). The van der Waals surface area contributed by atoms with Crippen LogP contribution >= 0.6 is 0 Å². The Hall–Kier alpha value is -1.73. The standard InChI is InChI=1S/C16H22N4O2S/c1-2-20-12-17-19-16(20)11-18-23(21,22)10-9-14-8-7-13-5-3-4-6-15(13)14/h3-6,12,14,18H,2,7-11H2,1H3. The first-order valence-corrected chi connectivity index (χ1v) is 9.66. The van der Waals surface area contributed by atoms with Crippen molar-refractivity contribution in [3.05, 3.63) is 47.5 Å². The van der Waals surface area contributed by atoms with Crippen molar-refractivity contribution in [2.24, 2.45) is 0 Å². The second-order valence-corrected chi connectivity index (χ2v) is 7.82. The summed E-state index contributed by atoms with van der Waals surface area (Å²) in [6, 6.07) is 8.33. The number of aromatic nitrogens is 3. The Morgan fingerprint density at radius 2 is 2.17 bits per heavy atom. The van der Waals surface area contributed by atoms with Gasteiger partial charge in [-0.05, 0) is 43.2 Å². The van der Waals surface area contributed by atoms with Crippen LogP contribution < -0.4 is 4.72 Å². The normalized spacial score (nSPS) is 17.3. The molecule has 0 amide bonds. The van der Waals surface area contributed by atoms with Gasteiger partial charge in [0.05, 0.1) is 12.3 Å². The minimum absolute atomic E-state index is 0.145. The quantitative estimate of drug-likeness (QED) is 0.838. The lowest BCUT2D eigenvalue weighted by molar-refractivity contribution is 0.564. The van der Waals surface area contributed by atoms with Gasteiger partial charge >= 0.3 is 0 Å². The van der Waals surface area contributed by atoms with E-state index in [9.17, 15) is 8.42 Å². The molecule has 0 bridgehead atoms. The Labute approximate surface area is 137 Å². The number of sulfonamides is 1. The Bertz CT molecular complexity index is 770. The van der Waals surface area contributed by atoms with E-state index in [4.69, 9.17) is 0 Å². The molecule has 0 fully saturated rings. The van der Waals surface area contributed by atoms with Crippen LogP contribution in [-0.4, -0.2) is 28.9 Å². The van der Waals surface area contributed by atoms with Crippen LogP contribution in [0.25, 0.3) is 0 Å². The molecule has 2 aromatic rings. The van der Waals surface area contributed by atoms with E-state index < -0.39 is 10.0 Å². The molecule has 23 heavy (non-hydrogen) atoms. The van der Waals surface area contributed by atoms with Crippen molar-refractivity contribution in [1.29, 1.82) is 0 Å². The second kappa shape index (κ2) is 6.80. The van der Waals surface area contributed by atoms with Crippen molar-refractivity contribution in [3.63, 3.8) is 0 Å². The summed E-state index contributed by atoms with van der Waals surface area (Å²) in [7, 11) is -3.30. The van der Waals surface area contributed by atoms with E-state index in [1.807, 2.05) is 23.6 Å². The van der Waals surface area contributed by atoms with Gasteiger partial charge in [-0.2, -0.15) is 0 Å². The SMILES string of the molecule is CCn1cnnc1CNS(=O)(=O)CCC1CCc2ccccc21. The van der Waals surface area contributed by atoms with E-state index in [-0.39, 0.29) is 12.3 Å². The Morgan fingerprint density at radius 1 is 1.35 bits per heavy atom. The number of rotatable bonds is 7. The molecule has 1 atom stereocenters. The van der Waals surface area contributed by atoms with Crippen molar-refractivity contribution in [1.82, 2.24) is 19.5 Å². The number of hydrogen-bond acceptors (Lipinski definition) is 4. The van der Waals surface area contributed by atoms with Gasteiger partial charge < -0.3 is 4.57 Å². The molecule has 1 aliphatic carbocycles. The highest BCUT2D eigenvalue weighted by Crippen LogP contribution is 2.35. The molecule has 124 valence electrons. The zero-order chi connectivity index (χ0) is 16.3. The smallest absolute Gasteiger partial charge is 0.212 e. The van der Waals surface area contributed by atoms with Crippen LogP contribution in [0.5, 0.6) is 0 Å². The number of nitrogens with one attached hydrogen (secondary N) is 1. The van der Waals surface area contributed by atoms with Crippen molar-refractivity contribution in [3.8, 4) is 0 Å². The van der Waals surface area contributed by atoms with Crippen molar-refractivity contribution in [2.45, 2.75) is 45.2 Å². The average molecular weight is 334 g/mol. The van der Waals surface area contributed by atoms with E-state index >= 15 is 0 Å². The van der Waals surface area contributed by atoms with E-state index in [2.05, 4.69) is 27.1 Å². The molecule has 0 spiro atoms. The van der Waals surface area contributed by atoms with Crippen LogP contribution in [0.15, 0.2) is 30.6 Å². The van der Waals surface area contributed by atoms with Gasteiger partial charge in [0, 0.05) is 6.54 Å². The highest BCUT2D eigenvalue weighted by Gasteiger charge is 2.24. The number of fused-ring (bicyclic) bond motifs is 1. The molecule has 1 heterocycles. The fourth-order valence-corrected chi connectivity index (χ4v) is 4.26. The number of nitrogens with zero attached hydrogens (tertiary/aromatic N) is 3. The van der Waals surface area contributed by atoms with E-state index in [1.165, 1.54) is 11.1 Å². The third kappa shape index (κ3) is 3.79. The fraction of sp³-hybridized carbons (Fsp3) is 0.500. The average Bonchev–Trinajstić information content (AvgIpc) is 3.17. The van der Waals surface area contributed by atoms with Crippen LogP contribution in [0.2, 0.25) is 0 Å². The highest BCUT2D eigenvalue weighted by atomic mass is 32.2. The maximum absolute atomic E-state index is 12.2. The van der Waals surface area contributed by atoms with Gasteiger partial charge in [-0.1, -0.05) is 24.3 Å². The van der Waals surface area contributed by atoms with Crippen LogP contribution in [-0.2, 0) is 29.5 Å². The molecule has 1 N–H and O–H groups in total. The summed E-state index contributed by atoms with van der Waals surface area (Å²) in [5, 5.41) is 7.75. The summed E-state index contributed by atoms with van der Waals surface area (Å²) in [5.74, 6) is 1.14. The molecule has 6 nitrogen and oxygen atoms in total. The van der Waals surface area contributed by atoms with Gasteiger partial charge in [0.1, 0.15) is 12.2 Å². The molecule has 1 unspecified atom stereocenters. The van der Waals surface area contributed by atoms with Gasteiger partial charge in [-0.15, -0.1) is 10.2 Å². The zero-order valence-corrected chi connectivity index (χ0v) is 14.1. The minimum atomic E-state index is -3.30. The van der Waals surface area contributed by atoms with Gasteiger partial charge in [0.2, 0.25) is 10.0 Å². The molecule has 0 radical (unpaired) electrons. The monoisotopic (exact) mass is 334 g/mol. The largest absolute Gasteiger partial charge is 0.317 e. The number of benzene rings is 1. The van der Waals surface area contributed by atoms with Crippen LogP contribution in [0, 0.1) is 0 Å². The van der Waals surface area contributed by atoms with Gasteiger partial charge in [0.25, 0.3) is 0 Å². The first-order chi connectivity index (χ1) is 11.1. The van der Waals surface area contributed by atoms with Gasteiger partial charge in [0.15, 0.2) is 0 Å². The number of hydrogen-bond donors (Lipinski definition) is 1. The lowest BCUT2D eigenvalue weighted by Gasteiger charge is -2.12. The van der Waals surface area contributed by atoms with Crippen molar-refractivity contribution >= 4 is 10.0 Å². The van der Waals surface area contributed by atoms with Gasteiger partial charge in [-0.25, -0.2) is 13.1 Å². The molecular weight excluding hydrogens is 312 g/mol. The minimum Gasteiger partial charge on any atom is -0.317 e. The molecule has 1 aliphatic rings. The molecule has 0 saturated carbocycles. The maximum Gasteiger partial charge on any atom is 0.212 e. The molecule has 7 heteroatoms. The lowest BCUT2D eigenvalue weighted by Crippen LogP contribution is -2.28. The maximum atomic E-state index is 12.2. The Balaban J connectivity index is 1.55. The first-order valence-electron chi connectivity index (χ1n) is 8.01. The molecule has 1 aromatic heterocycles. The summed E-state index contributed by atoms with van der Waals surface area (Å²) in [6.07, 6.45) is 4.36. The summed E-state index contributed by atoms with van der Waals surface area (Å²) >= 11 is 0. The molecule has 0 saturated heterocycles.